The molecule has 36 heavy (non-hydrogen) atoms. The summed E-state index contributed by atoms with van der Waals surface area (Å²) in [5.74, 6) is 0.813. The Labute approximate surface area is 219 Å². The lowest BCUT2D eigenvalue weighted by atomic mass is 10.1. The van der Waals surface area contributed by atoms with E-state index in [1.54, 1.807) is 24.4 Å². The van der Waals surface area contributed by atoms with Crippen LogP contribution in [0.15, 0.2) is 71.3 Å². The highest BCUT2D eigenvalue weighted by Crippen LogP contribution is 2.32. The van der Waals surface area contributed by atoms with Crippen LogP contribution in [0.4, 0.5) is 11.4 Å². The molecule has 1 heterocycles. The standard InChI is InChI=1S/C25H20BrClN4O5/c1-15-3-4-16(2)24(9-15)36-20-12-18(11-19(13-20)31(33)34)28-25(32)22-7-8-30(29-22)14-35-23-6-5-17(27)10-21(23)26/h3-13H,14H2,1-2H3,(H,28,32). The first kappa shape index (κ1) is 25.2. The highest BCUT2D eigenvalue weighted by atomic mass is 79.9. The van der Waals surface area contributed by atoms with Crippen LogP contribution in [0.2, 0.25) is 5.02 Å². The van der Waals surface area contributed by atoms with Crippen molar-refractivity contribution in [3.8, 4) is 17.2 Å². The Kier molecular flexibility index (Phi) is 7.56. The van der Waals surface area contributed by atoms with E-state index >= 15 is 0 Å². The van der Waals surface area contributed by atoms with E-state index in [2.05, 4.69) is 26.3 Å². The van der Waals surface area contributed by atoms with Gasteiger partial charge in [-0.25, -0.2) is 4.68 Å². The smallest absolute Gasteiger partial charge is 0.276 e. The molecular weight excluding hydrogens is 552 g/mol. The number of hydrogen-bond acceptors (Lipinski definition) is 6. The molecule has 0 atom stereocenters. The normalized spacial score (nSPS) is 10.7. The number of halogens is 2. The largest absolute Gasteiger partial charge is 0.470 e. The number of ether oxygens (including phenoxy) is 2. The summed E-state index contributed by atoms with van der Waals surface area (Å²) in [5.41, 5.74) is 1.94. The van der Waals surface area contributed by atoms with Crippen molar-refractivity contribution in [3.63, 3.8) is 0 Å². The van der Waals surface area contributed by atoms with E-state index in [1.165, 1.54) is 28.9 Å². The van der Waals surface area contributed by atoms with Crippen LogP contribution in [0.5, 0.6) is 17.2 Å². The molecule has 0 radical (unpaired) electrons. The lowest BCUT2D eigenvalue weighted by molar-refractivity contribution is -0.384. The van der Waals surface area contributed by atoms with E-state index in [-0.39, 0.29) is 29.5 Å². The van der Waals surface area contributed by atoms with Gasteiger partial charge in [-0.15, -0.1) is 0 Å². The summed E-state index contributed by atoms with van der Waals surface area (Å²) in [6.45, 7) is 3.85. The zero-order valence-corrected chi connectivity index (χ0v) is 21.5. The van der Waals surface area contributed by atoms with Gasteiger partial charge < -0.3 is 14.8 Å². The molecule has 0 bridgehead atoms. The van der Waals surface area contributed by atoms with E-state index in [9.17, 15) is 14.9 Å². The molecule has 4 rings (SSSR count). The number of rotatable bonds is 8. The Bertz CT molecular complexity index is 1460. The van der Waals surface area contributed by atoms with Gasteiger partial charge in [-0.1, -0.05) is 23.7 Å². The van der Waals surface area contributed by atoms with Gasteiger partial charge in [0.15, 0.2) is 12.4 Å². The lowest BCUT2D eigenvalue weighted by Crippen LogP contribution is -2.14. The molecule has 1 aromatic heterocycles. The van der Waals surface area contributed by atoms with Gasteiger partial charge in [0.05, 0.1) is 21.1 Å². The molecule has 0 unspecified atom stereocenters. The van der Waals surface area contributed by atoms with Crippen LogP contribution in [0.25, 0.3) is 0 Å². The third-order valence-corrected chi connectivity index (χ3v) is 5.91. The zero-order valence-electron chi connectivity index (χ0n) is 19.2. The number of benzene rings is 3. The Morgan fingerprint density at radius 2 is 1.92 bits per heavy atom. The molecular formula is C25H20BrClN4O5. The molecule has 0 aliphatic heterocycles. The fourth-order valence-electron chi connectivity index (χ4n) is 3.24. The first-order valence-electron chi connectivity index (χ1n) is 10.7. The number of carbonyl (C=O) groups excluding carboxylic acids is 1. The summed E-state index contributed by atoms with van der Waals surface area (Å²) in [5, 5.41) is 18.9. The van der Waals surface area contributed by atoms with Crippen molar-refractivity contribution in [2.45, 2.75) is 20.6 Å². The van der Waals surface area contributed by atoms with Crippen LogP contribution in [0.3, 0.4) is 0 Å². The van der Waals surface area contributed by atoms with Gasteiger partial charge in [-0.2, -0.15) is 5.10 Å². The number of amides is 1. The quantitative estimate of drug-likeness (QED) is 0.182. The van der Waals surface area contributed by atoms with Crippen molar-refractivity contribution < 1.29 is 19.2 Å². The Balaban J connectivity index is 1.48. The lowest BCUT2D eigenvalue weighted by Gasteiger charge is -2.11. The second-order valence-corrected chi connectivity index (χ2v) is 9.18. The summed E-state index contributed by atoms with van der Waals surface area (Å²) in [7, 11) is 0. The SMILES string of the molecule is Cc1ccc(C)c(Oc2cc(NC(=O)c3ccn(COc4ccc(Cl)cc4Br)n3)cc([N+](=O)[O-])c2)c1. The molecule has 0 aliphatic carbocycles. The number of nitrogens with one attached hydrogen (secondary N) is 1. The van der Waals surface area contributed by atoms with Crippen LogP contribution in [0, 0.1) is 24.0 Å². The van der Waals surface area contributed by atoms with Gasteiger partial charge in [-0.3, -0.25) is 14.9 Å². The van der Waals surface area contributed by atoms with Gasteiger partial charge >= 0.3 is 0 Å². The number of nitro benzene ring substituents is 1. The Hall–Kier alpha value is -3.89. The molecule has 11 heteroatoms. The van der Waals surface area contributed by atoms with Crippen LogP contribution in [-0.4, -0.2) is 20.6 Å². The topological polar surface area (TPSA) is 109 Å². The number of anilines is 1. The summed E-state index contributed by atoms with van der Waals surface area (Å²) < 4.78 is 13.7. The fraction of sp³-hybridized carbons (Fsp3) is 0.120. The van der Waals surface area contributed by atoms with Crippen LogP contribution >= 0.6 is 27.5 Å². The second kappa shape index (κ2) is 10.8. The first-order valence-corrected chi connectivity index (χ1v) is 11.8. The van der Waals surface area contributed by atoms with E-state index in [1.807, 2.05) is 32.0 Å². The van der Waals surface area contributed by atoms with Gasteiger partial charge in [0.1, 0.15) is 17.2 Å². The summed E-state index contributed by atoms with van der Waals surface area (Å²) in [6, 6.07) is 16.4. The number of carbonyl (C=O) groups is 1. The molecule has 0 saturated carbocycles. The zero-order chi connectivity index (χ0) is 25.8. The summed E-state index contributed by atoms with van der Waals surface area (Å²) in [4.78, 5) is 23.7. The van der Waals surface area contributed by atoms with Gasteiger partial charge in [0.2, 0.25) is 0 Å². The minimum absolute atomic E-state index is 0.0537. The minimum atomic E-state index is -0.549. The van der Waals surface area contributed by atoms with Crippen LogP contribution < -0.4 is 14.8 Å². The third kappa shape index (κ3) is 6.21. The van der Waals surface area contributed by atoms with Crippen LogP contribution in [0.1, 0.15) is 21.6 Å². The van der Waals surface area contributed by atoms with Crippen LogP contribution in [-0.2, 0) is 6.73 Å². The third-order valence-electron chi connectivity index (χ3n) is 5.05. The average molecular weight is 572 g/mol. The van der Waals surface area contributed by atoms with Gasteiger partial charge in [0.25, 0.3) is 11.6 Å². The maximum atomic E-state index is 12.8. The average Bonchev–Trinajstić information content (AvgIpc) is 3.30. The number of non-ortho nitro benzene ring substituents is 1. The minimum Gasteiger partial charge on any atom is -0.470 e. The van der Waals surface area contributed by atoms with E-state index in [0.717, 1.165) is 11.1 Å². The number of nitro groups is 1. The van der Waals surface area contributed by atoms with Crippen molar-refractivity contribution in [2.24, 2.45) is 0 Å². The Morgan fingerprint density at radius 1 is 1.11 bits per heavy atom. The van der Waals surface area contributed by atoms with Crippen molar-refractivity contribution in [1.29, 1.82) is 0 Å². The predicted molar refractivity (Wildman–Crippen MR) is 139 cm³/mol. The van der Waals surface area contributed by atoms with Gasteiger partial charge in [-0.05, 0) is 71.2 Å². The summed E-state index contributed by atoms with van der Waals surface area (Å²) >= 11 is 9.31. The van der Waals surface area contributed by atoms with E-state index in [0.29, 0.717) is 21.0 Å². The number of aromatic nitrogens is 2. The van der Waals surface area contributed by atoms with Crippen molar-refractivity contribution >= 4 is 44.8 Å². The molecule has 0 aliphatic rings. The molecule has 9 nitrogen and oxygen atoms in total. The number of nitrogens with zero attached hydrogens (tertiary/aromatic N) is 3. The Morgan fingerprint density at radius 3 is 2.67 bits per heavy atom. The molecule has 0 fully saturated rings. The monoisotopic (exact) mass is 570 g/mol. The number of aryl methyl sites for hydroxylation is 2. The molecule has 184 valence electrons. The fourth-order valence-corrected chi connectivity index (χ4v) is 4.04. The van der Waals surface area contributed by atoms with Crippen molar-refractivity contribution in [2.75, 3.05) is 5.32 Å². The molecule has 4 aromatic rings. The number of hydrogen-bond donors (Lipinski definition) is 1. The molecule has 0 saturated heterocycles. The molecule has 3 aromatic carbocycles. The second-order valence-electron chi connectivity index (χ2n) is 7.89. The maximum Gasteiger partial charge on any atom is 0.276 e. The van der Waals surface area contributed by atoms with Gasteiger partial charge in [0, 0.05) is 23.4 Å². The highest BCUT2D eigenvalue weighted by molar-refractivity contribution is 9.10. The summed E-state index contributed by atoms with van der Waals surface area (Å²) in [6.07, 6.45) is 1.58. The maximum absolute atomic E-state index is 12.8. The van der Waals surface area contributed by atoms with Crippen molar-refractivity contribution in [3.05, 3.63) is 103 Å². The molecule has 0 spiro atoms. The highest BCUT2D eigenvalue weighted by Gasteiger charge is 2.16. The molecule has 1 N–H and O–H groups in total. The molecule has 1 amide bonds. The van der Waals surface area contributed by atoms with E-state index in [4.69, 9.17) is 21.1 Å². The van der Waals surface area contributed by atoms with Crippen molar-refractivity contribution in [1.82, 2.24) is 9.78 Å². The first-order chi connectivity index (χ1) is 17.2. The van der Waals surface area contributed by atoms with E-state index < -0.39 is 10.8 Å². The predicted octanol–water partition coefficient (Wildman–Crippen LogP) is 6.91.